The number of aliphatic hydroxyl groups excluding tert-OH is 1. The summed E-state index contributed by atoms with van der Waals surface area (Å²) in [6, 6.07) is 0.237. The monoisotopic (exact) mass is 257 g/mol. The second-order valence-electron chi connectivity index (χ2n) is 4.93. The van der Waals surface area contributed by atoms with Crippen molar-refractivity contribution >= 4 is 5.97 Å². The minimum atomic E-state index is -0.194. The molecular formula is C14H27NO3. The van der Waals surface area contributed by atoms with E-state index in [1.165, 1.54) is 19.3 Å². The highest BCUT2D eigenvalue weighted by atomic mass is 16.5. The Kier molecular flexibility index (Phi) is 7.28. The number of carbonyl (C=O) groups is 1. The number of hydrogen-bond acceptors (Lipinski definition) is 4. The van der Waals surface area contributed by atoms with Crippen LogP contribution < -0.4 is 0 Å². The molecule has 1 N–H and O–H groups in total. The van der Waals surface area contributed by atoms with Gasteiger partial charge in [-0.05, 0) is 26.2 Å². The highest BCUT2D eigenvalue weighted by Gasteiger charge is 2.31. The summed E-state index contributed by atoms with van der Waals surface area (Å²) in [7, 11) is 0. The topological polar surface area (TPSA) is 49.8 Å². The smallest absolute Gasteiger partial charge is 0.323 e. The molecule has 0 amide bonds. The fourth-order valence-electron chi connectivity index (χ4n) is 2.90. The van der Waals surface area contributed by atoms with E-state index in [0.717, 1.165) is 19.3 Å². The molecule has 1 fully saturated rings. The average molecular weight is 257 g/mol. The molecule has 0 aromatic heterocycles. The summed E-state index contributed by atoms with van der Waals surface area (Å²) >= 11 is 0. The van der Waals surface area contributed by atoms with Gasteiger partial charge in [0.05, 0.1) is 13.2 Å². The van der Waals surface area contributed by atoms with Crippen molar-refractivity contribution in [3.05, 3.63) is 0 Å². The number of ether oxygens (including phenoxy) is 1. The zero-order chi connectivity index (χ0) is 13.4. The summed E-state index contributed by atoms with van der Waals surface area (Å²) < 4.78 is 5.15. The van der Waals surface area contributed by atoms with Gasteiger partial charge in [-0.2, -0.15) is 0 Å². The first-order valence-corrected chi connectivity index (χ1v) is 7.27. The maximum Gasteiger partial charge on any atom is 0.323 e. The van der Waals surface area contributed by atoms with E-state index < -0.39 is 0 Å². The van der Waals surface area contributed by atoms with Gasteiger partial charge in [0.25, 0.3) is 0 Å². The van der Waals surface area contributed by atoms with Crippen molar-refractivity contribution in [2.75, 3.05) is 19.8 Å². The van der Waals surface area contributed by atoms with Crippen LogP contribution in [0, 0.1) is 0 Å². The molecule has 106 valence electrons. The Morgan fingerprint density at radius 3 is 2.50 bits per heavy atom. The zero-order valence-corrected chi connectivity index (χ0v) is 11.7. The zero-order valence-electron chi connectivity index (χ0n) is 11.7. The van der Waals surface area contributed by atoms with Crippen LogP contribution >= 0.6 is 0 Å². The Morgan fingerprint density at radius 1 is 1.33 bits per heavy atom. The summed E-state index contributed by atoms with van der Waals surface area (Å²) in [5.74, 6) is -0.140. The maximum absolute atomic E-state index is 12.0. The number of nitrogens with zero attached hydrogens (tertiary/aromatic N) is 1. The third kappa shape index (κ3) is 4.25. The van der Waals surface area contributed by atoms with Crippen molar-refractivity contribution in [1.82, 2.24) is 4.90 Å². The second-order valence-corrected chi connectivity index (χ2v) is 4.93. The van der Waals surface area contributed by atoms with Crippen LogP contribution in [0.3, 0.4) is 0 Å². The normalized spacial score (nSPS) is 18.9. The number of hydrogen-bond donors (Lipinski definition) is 1. The number of carbonyl (C=O) groups excluding carboxylic acids is 1. The first-order chi connectivity index (χ1) is 8.74. The summed E-state index contributed by atoms with van der Waals surface area (Å²) in [4.78, 5) is 14.2. The van der Waals surface area contributed by atoms with Gasteiger partial charge in [-0.1, -0.05) is 26.2 Å². The molecular weight excluding hydrogens is 230 g/mol. The minimum Gasteiger partial charge on any atom is -0.465 e. The van der Waals surface area contributed by atoms with Gasteiger partial charge in [-0.15, -0.1) is 0 Å². The van der Waals surface area contributed by atoms with Crippen LogP contribution in [0.5, 0.6) is 0 Å². The molecule has 4 heteroatoms. The van der Waals surface area contributed by atoms with Gasteiger partial charge in [-0.25, -0.2) is 0 Å². The standard InChI is InChI=1S/C14H27NO3/c1-3-13(14(17)18-4-2)15(10-11-16)12-8-6-5-7-9-12/h12-13,16H,3-11H2,1-2H3. The fourth-order valence-corrected chi connectivity index (χ4v) is 2.90. The summed E-state index contributed by atoms with van der Waals surface area (Å²) in [5.41, 5.74) is 0. The van der Waals surface area contributed by atoms with Crippen molar-refractivity contribution in [2.45, 2.75) is 64.5 Å². The quantitative estimate of drug-likeness (QED) is 0.708. The van der Waals surface area contributed by atoms with E-state index in [1.807, 2.05) is 13.8 Å². The highest BCUT2D eigenvalue weighted by Crippen LogP contribution is 2.25. The summed E-state index contributed by atoms with van der Waals surface area (Å²) in [5, 5.41) is 9.23. The van der Waals surface area contributed by atoms with E-state index in [2.05, 4.69) is 4.90 Å². The van der Waals surface area contributed by atoms with Gasteiger partial charge in [-0.3, -0.25) is 9.69 Å². The van der Waals surface area contributed by atoms with E-state index in [-0.39, 0.29) is 18.6 Å². The van der Waals surface area contributed by atoms with Crippen LogP contribution in [-0.2, 0) is 9.53 Å². The Morgan fingerprint density at radius 2 is 2.00 bits per heavy atom. The van der Waals surface area contributed by atoms with Crippen molar-refractivity contribution < 1.29 is 14.6 Å². The van der Waals surface area contributed by atoms with E-state index in [1.54, 1.807) is 0 Å². The fraction of sp³-hybridized carbons (Fsp3) is 0.929. The molecule has 1 rings (SSSR count). The average Bonchev–Trinajstić information content (AvgIpc) is 2.40. The Hall–Kier alpha value is -0.610. The molecule has 0 aliphatic heterocycles. The lowest BCUT2D eigenvalue weighted by Gasteiger charge is -2.38. The molecule has 0 radical (unpaired) electrons. The molecule has 1 unspecified atom stereocenters. The summed E-state index contributed by atoms with van der Waals surface area (Å²) in [6.07, 6.45) is 6.76. The van der Waals surface area contributed by atoms with Gasteiger partial charge >= 0.3 is 5.97 Å². The van der Waals surface area contributed by atoms with Crippen LogP contribution in [-0.4, -0.2) is 47.8 Å². The number of aliphatic hydroxyl groups is 1. The van der Waals surface area contributed by atoms with E-state index in [9.17, 15) is 9.90 Å². The van der Waals surface area contributed by atoms with Crippen LogP contribution in [0.2, 0.25) is 0 Å². The first-order valence-electron chi connectivity index (χ1n) is 7.27. The van der Waals surface area contributed by atoms with Crippen molar-refractivity contribution in [3.8, 4) is 0 Å². The second kappa shape index (κ2) is 8.48. The molecule has 1 aliphatic carbocycles. The van der Waals surface area contributed by atoms with E-state index in [4.69, 9.17) is 4.74 Å². The molecule has 4 nitrogen and oxygen atoms in total. The third-order valence-corrected chi connectivity index (χ3v) is 3.75. The summed E-state index contributed by atoms with van der Waals surface area (Å²) in [6.45, 7) is 4.94. The molecule has 1 aliphatic rings. The third-order valence-electron chi connectivity index (χ3n) is 3.75. The van der Waals surface area contributed by atoms with Crippen LogP contribution in [0.15, 0.2) is 0 Å². The number of esters is 1. The Balaban J connectivity index is 2.69. The maximum atomic E-state index is 12.0. The lowest BCUT2D eigenvalue weighted by molar-refractivity contribution is -0.151. The Labute approximate surface area is 110 Å². The largest absolute Gasteiger partial charge is 0.465 e. The molecule has 18 heavy (non-hydrogen) atoms. The molecule has 0 spiro atoms. The predicted molar refractivity (Wildman–Crippen MR) is 71.4 cm³/mol. The van der Waals surface area contributed by atoms with E-state index in [0.29, 0.717) is 19.2 Å². The molecule has 1 saturated carbocycles. The lowest BCUT2D eigenvalue weighted by Crippen LogP contribution is -2.49. The molecule has 0 bridgehead atoms. The van der Waals surface area contributed by atoms with Crippen molar-refractivity contribution in [1.29, 1.82) is 0 Å². The van der Waals surface area contributed by atoms with Gasteiger partial charge in [0.15, 0.2) is 0 Å². The molecule has 1 atom stereocenters. The van der Waals surface area contributed by atoms with Crippen LogP contribution in [0.4, 0.5) is 0 Å². The first kappa shape index (κ1) is 15.4. The lowest BCUT2D eigenvalue weighted by atomic mass is 9.92. The van der Waals surface area contributed by atoms with Gasteiger partial charge < -0.3 is 9.84 Å². The van der Waals surface area contributed by atoms with E-state index >= 15 is 0 Å². The van der Waals surface area contributed by atoms with Crippen molar-refractivity contribution in [3.63, 3.8) is 0 Å². The molecule has 0 aromatic carbocycles. The SMILES string of the molecule is CCOC(=O)C(CC)N(CCO)C1CCCCC1. The van der Waals surface area contributed by atoms with Gasteiger partial charge in [0, 0.05) is 12.6 Å². The molecule has 0 saturated heterocycles. The van der Waals surface area contributed by atoms with Crippen LogP contribution in [0.1, 0.15) is 52.4 Å². The minimum absolute atomic E-state index is 0.104. The van der Waals surface area contributed by atoms with Crippen LogP contribution in [0.25, 0.3) is 0 Å². The number of rotatable bonds is 7. The Bertz CT molecular complexity index is 239. The predicted octanol–water partition coefficient (Wildman–Crippen LogP) is 1.96. The van der Waals surface area contributed by atoms with Gasteiger partial charge in [0.1, 0.15) is 6.04 Å². The molecule has 0 heterocycles. The molecule has 0 aromatic rings. The highest BCUT2D eigenvalue weighted by molar-refractivity contribution is 5.75. The van der Waals surface area contributed by atoms with Crippen molar-refractivity contribution in [2.24, 2.45) is 0 Å². The van der Waals surface area contributed by atoms with Gasteiger partial charge in [0.2, 0.25) is 0 Å².